The lowest BCUT2D eigenvalue weighted by molar-refractivity contribution is 0.274. The van der Waals surface area contributed by atoms with Crippen molar-refractivity contribution in [2.75, 3.05) is 0 Å². The summed E-state index contributed by atoms with van der Waals surface area (Å²) < 4.78 is 2.08. The van der Waals surface area contributed by atoms with Gasteiger partial charge in [-0.05, 0) is 24.2 Å². The standard InChI is InChI=1S/C15H26N4S/c1-11(9-15(2,3)4)7-12(18-16)8-13-10-19-5-6-20-14(19)17-13/h5-6,10-12,18H,7-9,16H2,1-4H3. The molecule has 0 aliphatic heterocycles. The Kier molecular flexibility index (Phi) is 4.83. The van der Waals surface area contributed by atoms with Crippen LogP contribution in [0.3, 0.4) is 0 Å². The second kappa shape index (κ2) is 6.24. The van der Waals surface area contributed by atoms with E-state index < -0.39 is 0 Å². The molecule has 2 unspecified atom stereocenters. The predicted octanol–water partition coefficient (Wildman–Crippen LogP) is 3.23. The van der Waals surface area contributed by atoms with Gasteiger partial charge in [-0.1, -0.05) is 27.7 Å². The molecule has 2 rings (SSSR count). The Bertz CT molecular complexity index is 509. The average molecular weight is 294 g/mol. The number of imidazole rings is 1. The first-order valence-electron chi connectivity index (χ1n) is 7.24. The van der Waals surface area contributed by atoms with E-state index in [1.54, 1.807) is 11.3 Å². The smallest absolute Gasteiger partial charge is 0.193 e. The van der Waals surface area contributed by atoms with Crippen LogP contribution >= 0.6 is 11.3 Å². The number of aromatic nitrogens is 2. The fourth-order valence-electron chi connectivity index (χ4n) is 2.95. The molecule has 4 nitrogen and oxygen atoms in total. The van der Waals surface area contributed by atoms with Gasteiger partial charge < -0.3 is 0 Å². The Morgan fingerprint density at radius 1 is 1.45 bits per heavy atom. The fraction of sp³-hybridized carbons (Fsp3) is 0.667. The molecular weight excluding hydrogens is 268 g/mol. The van der Waals surface area contributed by atoms with Gasteiger partial charge in [0.2, 0.25) is 0 Å². The van der Waals surface area contributed by atoms with Gasteiger partial charge in [0.15, 0.2) is 4.96 Å². The molecule has 0 saturated carbocycles. The van der Waals surface area contributed by atoms with Crippen LogP contribution in [-0.2, 0) is 6.42 Å². The van der Waals surface area contributed by atoms with Crippen LogP contribution in [-0.4, -0.2) is 15.4 Å². The highest BCUT2D eigenvalue weighted by Gasteiger charge is 2.19. The minimum absolute atomic E-state index is 0.289. The number of rotatable bonds is 6. The zero-order chi connectivity index (χ0) is 14.8. The second-order valence-electron chi connectivity index (χ2n) is 7.00. The Morgan fingerprint density at radius 2 is 2.20 bits per heavy atom. The molecule has 0 saturated heterocycles. The molecule has 3 N–H and O–H groups in total. The summed E-state index contributed by atoms with van der Waals surface area (Å²) in [6.45, 7) is 9.18. The van der Waals surface area contributed by atoms with Crippen LogP contribution < -0.4 is 11.3 Å². The van der Waals surface area contributed by atoms with Crippen LogP contribution in [0.1, 0.15) is 46.2 Å². The number of nitrogens with two attached hydrogens (primary N) is 1. The third kappa shape index (κ3) is 4.30. The van der Waals surface area contributed by atoms with Gasteiger partial charge in [0.25, 0.3) is 0 Å². The molecule has 2 atom stereocenters. The summed E-state index contributed by atoms with van der Waals surface area (Å²) in [5, 5.41) is 2.05. The molecule has 0 aliphatic rings. The van der Waals surface area contributed by atoms with Gasteiger partial charge in [-0.3, -0.25) is 15.7 Å². The van der Waals surface area contributed by atoms with E-state index in [0.717, 1.165) is 23.5 Å². The molecule has 2 aromatic heterocycles. The fourth-order valence-corrected chi connectivity index (χ4v) is 3.67. The van der Waals surface area contributed by atoms with E-state index in [9.17, 15) is 0 Å². The molecule has 5 heteroatoms. The summed E-state index contributed by atoms with van der Waals surface area (Å²) in [6.07, 6.45) is 7.33. The van der Waals surface area contributed by atoms with Gasteiger partial charge in [-0.25, -0.2) is 4.98 Å². The van der Waals surface area contributed by atoms with Gasteiger partial charge in [-0.15, -0.1) is 11.3 Å². The van der Waals surface area contributed by atoms with Crippen molar-refractivity contribution in [2.45, 2.75) is 53.0 Å². The first-order chi connectivity index (χ1) is 9.37. The van der Waals surface area contributed by atoms with E-state index in [4.69, 9.17) is 5.84 Å². The summed E-state index contributed by atoms with van der Waals surface area (Å²) in [5.41, 5.74) is 4.44. The first-order valence-corrected chi connectivity index (χ1v) is 8.12. The lowest BCUT2D eigenvalue weighted by Gasteiger charge is -2.26. The highest BCUT2D eigenvalue weighted by molar-refractivity contribution is 7.15. The molecule has 0 amide bonds. The third-order valence-corrected chi connectivity index (χ3v) is 4.25. The van der Waals surface area contributed by atoms with E-state index in [0.29, 0.717) is 11.3 Å². The highest BCUT2D eigenvalue weighted by atomic mass is 32.1. The van der Waals surface area contributed by atoms with Crippen LogP contribution in [0.2, 0.25) is 0 Å². The van der Waals surface area contributed by atoms with Crippen LogP contribution in [0, 0.1) is 11.3 Å². The molecule has 0 bridgehead atoms. The maximum Gasteiger partial charge on any atom is 0.193 e. The molecule has 20 heavy (non-hydrogen) atoms. The van der Waals surface area contributed by atoms with Crippen molar-refractivity contribution in [2.24, 2.45) is 17.2 Å². The van der Waals surface area contributed by atoms with E-state index in [2.05, 4.69) is 54.1 Å². The van der Waals surface area contributed by atoms with E-state index >= 15 is 0 Å². The summed E-state index contributed by atoms with van der Waals surface area (Å²) in [5.74, 6) is 6.37. The SMILES string of the molecule is CC(CC(Cc1cn2ccsc2n1)NN)CC(C)(C)C. The Balaban J connectivity index is 1.93. The molecule has 0 spiro atoms. The van der Waals surface area contributed by atoms with Crippen molar-refractivity contribution >= 4 is 16.3 Å². The van der Waals surface area contributed by atoms with Gasteiger partial charge in [0, 0.05) is 30.2 Å². The average Bonchev–Trinajstić information content (AvgIpc) is 2.85. The zero-order valence-corrected chi connectivity index (χ0v) is 13.7. The van der Waals surface area contributed by atoms with Crippen LogP contribution in [0.5, 0.6) is 0 Å². The molecule has 0 fully saturated rings. The van der Waals surface area contributed by atoms with Crippen LogP contribution in [0.4, 0.5) is 0 Å². The third-order valence-electron chi connectivity index (χ3n) is 3.48. The lowest BCUT2D eigenvalue weighted by atomic mass is 9.82. The van der Waals surface area contributed by atoms with E-state index in [-0.39, 0.29) is 6.04 Å². The van der Waals surface area contributed by atoms with Crippen molar-refractivity contribution in [3.8, 4) is 0 Å². The maximum absolute atomic E-state index is 5.72. The first kappa shape index (κ1) is 15.5. The lowest BCUT2D eigenvalue weighted by Crippen LogP contribution is -2.38. The largest absolute Gasteiger partial charge is 0.297 e. The van der Waals surface area contributed by atoms with Crippen molar-refractivity contribution in [3.63, 3.8) is 0 Å². The summed E-state index contributed by atoms with van der Waals surface area (Å²) in [6, 6.07) is 0.289. The molecule has 112 valence electrons. The molecule has 0 aliphatic carbocycles. The van der Waals surface area contributed by atoms with Gasteiger partial charge in [-0.2, -0.15) is 0 Å². The maximum atomic E-state index is 5.72. The van der Waals surface area contributed by atoms with E-state index in [1.165, 1.54) is 6.42 Å². The number of nitrogens with one attached hydrogen (secondary N) is 1. The van der Waals surface area contributed by atoms with Crippen LogP contribution in [0.25, 0.3) is 4.96 Å². The van der Waals surface area contributed by atoms with E-state index in [1.807, 2.05) is 6.20 Å². The molecule has 2 aromatic rings. The molecule has 2 heterocycles. The number of hydrogen-bond acceptors (Lipinski definition) is 4. The van der Waals surface area contributed by atoms with Crippen molar-refractivity contribution in [1.82, 2.24) is 14.8 Å². The number of fused-ring (bicyclic) bond motifs is 1. The Hall–Kier alpha value is -0.910. The van der Waals surface area contributed by atoms with Crippen molar-refractivity contribution in [1.29, 1.82) is 0 Å². The van der Waals surface area contributed by atoms with Crippen LogP contribution in [0.15, 0.2) is 17.8 Å². The number of hydrogen-bond donors (Lipinski definition) is 2. The molecular formula is C15H26N4S. The number of thiazole rings is 1. The topological polar surface area (TPSA) is 55.3 Å². The second-order valence-corrected chi connectivity index (χ2v) is 7.87. The predicted molar refractivity (Wildman–Crippen MR) is 85.7 cm³/mol. The Labute approximate surface area is 125 Å². The van der Waals surface area contributed by atoms with Gasteiger partial charge >= 0.3 is 0 Å². The van der Waals surface area contributed by atoms with Crippen molar-refractivity contribution in [3.05, 3.63) is 23.5 Å². The highest BCUT2D eigenvalue weighted by Crippen LogP contribution is 2.27. The monoisotopic (exact) mass is 294 g/mol. The number of hydrazine groups is 1. The minimum atomic E-state index is 0.289. The summed E-state index contributed by atoms with van der Waals surface area (Å²) in [4.78, 5) is 5.68. The quantitative estimate of drug-likeness (QED) is 0.635. The molecule has 0 aromatic carbocycles. The van der Waals surface area contributed by atoms with Gasteiger partial charge in [0.05, 0.1) is 5.69 Å². The Morgan fingerprint density at radius 3 is 2.80 bits per heavy atom. The minimum Gasteiger partial charge on any atom is -0.297 e. The summed E-state index contributed by atoms with van der Waals surface area (Å²) >= 11 is 1.66. The summed E-state index contributed by atoms with van der Waals surface area (Å²) in [7, 11) is 0. The van der Waals surface area contributed by atoms with Crippen molar-refractivity contribution < 1.29 is 0 Å². The normalized spacial score (nSPS) is 15.7. The zero-order valence-electron chi connectivity index (χ0n) is 12.9. The molecule has 0 radical (unpaired) electrons. The number of nitrogens with zero attached hydrogens (tertiary/aromatic N) is 2. The van der Waals surface area contributed by atoms with Gasteiger partial charge in [0.1, 0.15) is 0 Å².